The summed E-state index contributed by atoms with van der Waals surface area (Å²) >= 11 is 0. The highest BCUT2D eigenvalue weighted by molar-refractivity contribution is 5.77. The van der Waals surface area contributed by atoms with Gasteiger partial charge in [-0.15, -0.1) is 0 Å². The molecule has 4 heteroatoms. The molecule has 3 atom stereocenters. The minimum absolute atomic E-state index is 0.0159. The number of nitriles is 1. The summed E-state index contributed by atoms with van der Waals surface area (Å²) in [6.45, 7) is 2.25. The Morgan fingerprint density at radius 2 is 2.18 bits per heavy atom. The topological polar surface area (TPSA) is 53.3 Å². The number of benzene rings is 1. The van der Waals surface area contributed by atoms with Crippen LogP contribution in [0.3, 0.4) is 0 Å². The van der Waals surface area contributed by atoms with Gasteiger partial charge in [0.05, 0.1) is 18.0 Å². The molecule has 2 aliphatic rings. The normalized spacial score (nSPS) is 25.9. The predicted octanol–water partition coefficient (Wildman–Crippen LogP) is 2.71. The molecule has 3 unspecified atom stereocenters. The van der Waals surface area contributed by atoms with Gasteiger partial charge in [0, 0.05) is 26.2 Å². The monoisotopic (exact) mass is 298 g/mol. The smallest absolute Gasteiger partial charge is 0.223 e. The van der Waals surface area contributed by atoms with E-state index < -0.39 is 0 Å². The minimum Gasteiger partial charge on any atom is -0.381 e. The molecule has 2 aliphatic heterocycles. The zero-order valence-corrected chi connectivity index (χ0v) is 12.8. The summed E-state index contributed by atoms with van der Waals surface area (Å²) < 4.78 is 5.36. The summed E-state index contributed by atoms with van der Waals surface area (Å²) in [5.41, 5.74) is 1.01. The molecule has 1 aromatic rings. The SMILES string of the molecule is N#CC(c1ccccc1)C1CCCN1C(=O)CC1CCOC1. The molecule has 0 aliphatic carbocycles. The number of carbonyl (C=O) groups is 1. The Labute approximate surface area is 131 Å². The van der Waals surface area contributed by atoms with Crippen LogP contribution in [0.1, 0.15) is 37.2 Å². The molecule has 2 fully saturated rings. The highest BCUT2D eigenvalue weighted by atomic mass is 16.5. The fourth-order valence-corrected chi connectivity index (χ4v) is 3.60. The number of carbonyl (C=O) groups excluding carboxylic acids is 1. The summed E-state index contributed by atoms with van der Waals surface area (Å²) in [6.07, 6.45) is 3.44. The van der Waals surface area contributed by atoms with Crippen LogP contribution in [0.25, 0.3) is 0 Å². The number of hydrogen-bond acceptors (Lipinski definition) is 3. The third-order valence-corrected chi connectivity index (χ3v) is 4.79. The van der Waals surface area contributed by atoms with Gasteiger partial charge in [0.2, 0.25) is 5.91 Å². The van der Waals surface area contributed by atoms with E-state index in [0.29, 0.717) is 18.9 Å². The van der Waals surface area contributed by atoms with Crippen LogP contribution in [0.5, 0.6) is 0 Å². The van der Waals surface area contributed by atoms with E-state index in [-0.39, 0.29) is 17.9 Å². The summed E-state index contributed by atoms with van der Waals surface area (Å²) in [4.78, 5) is 14.6. The molecule has 3 rings (SSSR count). The lowest BCUT2D eigenvalue weighted by Gasteiger charge is -2.29. The minimum atomic E-state index is -0.229. The maximum absolute atomic E-state index is 12.6. The van der Waals surface area contributed by atoms with Gasteiger partial charge in [0.1, 0.15) is 0 Å². The average molecular weight is 298 g/mol. The molecule has 2 saturated heterocycles. The lowest BCUT2D eigenvalue weighted by atomic mass is 9.91. The molecule has 116 valence electrons. The van der Waals surface area contributed by atoms with Crippen LogP contribution in [0.4, 0.5) is 0 Å². The van der Waals surface area contributed by atoms with Gasteiger partial charge in [0.15, 0.2) is 0 Å². The molecule has 0 N–H and O–H groups in total. The lowest BCUT2D eigenvalue weighted by molar-refractivity contribution is -0.133. The second-order valence-electron chi connectivity index (χ2n) is 6.25. The number of ether oxygens (including phenoxy) is 1. The van der Waals surface area contributed by atoms with Gasteiger partial charge in [-0.2, -0.15) is 5.26 Å². The van der Waals surface area contributed by atoms with Gasteiger partial charge in [-0.1, -0.05) is 30.3 Å². The van der Waals surface area contributed by atoms with Crippen molar-refractivity contribution in [3.63, 3.8) is 0 Å². The highest BCUT2D eigenvalue weighted by Crippen LogP contribution is 2.32. The second kappa shape index (κ2) is 6.93. The van der Waals surface area contributed by atoms with E-state index in [1.807, 2.05) is 35.2 Å². The van der Waals surface area contributed by atoms with Crippen LogP contribution < -0.4 is 0 Å². The van der Waals surface area contributed by atoms with Crippen molar-refractivity contribution in [2.24, 2.45) is 5.92 Å². The first-order chi connectivity index (χ1) is 10.8. The van der Waals surface area contributed by atoms with Gasteiger partial charge in [-0.3, -0.25) is 4.79 Å². The Bertz CT molecular complexity index is 546. The van der Waals surface area contributed by atoms with Crippen molar-refractivity contribution in [1.29, 1.82) is 5.26 Å². The van der Waals surface area contributed by atoms with Crippen molar-refractivity contribution < 1.29 is 9.53 Å². The van der Waals surface area contributed by atoms with Gasteiger partial charge >= 0.3 is 0 Å². The van der Waals surface area contributed by atoms with Crippen molar-refractivity contribution in [3.05, 3.63) is 35.9 Å². The zero-order valence-electron chi connectivity index (χ0n) is 12.8. The summed E-state index contributed by atoms with van der Waals surface area (Å²) in [7, 11) is 0. The molecule has 1 aromatic carbocycles. The summed E-state index contributed by atoms with van der Waals surface area (Å²) in [6, 6.07) is 12.3. The van der Waals surface area contributed by atoms with Crippen molar-refractivity contribution in [1.82, 2.24) is 4.90 Å². The van der Waals surface area contributed by atoms with Gasteiger partial charge in [-0.25, -0.2) is 0 Å². The fourth-order valence-electron chi connectivity index (χ4n) is 3.60. The first kappa shape index (κ1) is 15.1. The van der Waals surface area contributed by atoms with E-state index >= 15 is 0 Å². The van der Waals surface area contributed by atoms with Crippen LogP contribution in [0.2, 0.25) is 0 Å². The fraction of sp³-hybridized carbons (Fsp3) is 0.556. The highest BCUT2D eigenvalue weighted by Gasteiger charge is 2.36. The molecule has 1 amide bonds. The third kappa shape index (κ3) is 3.15. The lowest BCUT2D eigenvalue weighted by Crippen LogP contribution is -2.39. The Hall–Kier alpha value is -1.86. The first-order valence-electron chi connectivity index (χ1n) is 8.11. The molecule has 2 heterocycles. The van der Waals surface area contributed by atoms with Crippen LogP contribution >= 0.6 is 0 Å². The Kier molecular flexibility index (Phi) is 4.74. The Balaban J connectivity index is 1.71. The van der Waals surface area contributed by atoms with Gasteiger partial charge in [-0.05, 0) is 30.7 Å². The van der Waals surface area contributed by atoms with E-state index in [0.717, 1.165) is 38.0 Å². The molecular weight excluding hydrogens is 276 g/mol. The number of hydrogen-bond donors (Lipinski definition) is 0. The quantitative estimate of drug-likeness (QED) is 0.859. The first-order valence-corrected chi connectivity index (χ1v) is 8.11. The number of rotatable bonds is 4. The predicted molar refractivity (Wildman–Crippen MR) is 83.1 cm³/mol. The van der Waals surface area contributed by atoms with Crippen molar-refractivity contribution >= 4 is 5.91 Å². The molecule has 22 heavy (non-hydrogen) atoms. The van der Waals surface area contributed by atoms with Gasteiger partial charge < -0.3 is 9.64 Å². The summed E-state index contributed by atoms with van der Waals surface area (Å²) in [5.74, 6) is 0.313. The maximum Gasteiger partial charge on any atom is 0.223 e. The van der Waals surface area contributed by atoms with Crippen molar-refractivity contribution in [2.75, 3.05) is 19.8 Å². The largest absolute Gasteiger partial charge is 0.381 e. The van der Waals surface area contributed by atoms with E-state index in [1.54, 1.807) is 0 Å². The van der Waals surface area contributed by atoms with E-state index in [2.05, 4.69) is 6.07 Å². The van der Waals surface area contributed by atoms with Crippen molar-refractivity contribution in [3.8, 4) is 6.07 Å². The number of amides is 1. The zero-order chi connectivity index (χ0) is 15.4. The van der Waals surface area contributed by atoms with Crippen LogP contribution in [0, 0.1) is 17.2 Å². The van der Waals surface area contributed by atoms with Crippen LogP contribution in [-0.2, 0) is 9.53 Å². The molecule has 4 nitrogen and oxygen atoms in total. The van der Waals surface area contributed by atoms with E-state index in [1.165, 1.54) is 0 Å². The number of nitrogens with zero attached hydrogens (tertiary/aromatic N) is 2. The third-order valence-electron chi connectivity index (χ3n) is 4.79. The maximum atomic E-state index is 12.6. The van der Waals surface area contributed by atoms with Crippen molar-refractivity contribution in [2.45, 2.75) is 37.6 Å². The number of likely N-dealkylation sites (tertiary alicyclic amines) is 1. The molecular formula is C18H22N2O2. The Morgan fingerprint density at radius 1 is 1.36 bits per heavy atom. The van der Waals surface area contributed by atoms with Crippen LogP contribution in [-0.4, -0.2) is 36.6 Å². The van der Waals surface area contributed by atoms with E-state index in [4.69, 9.17) is 4.74 Å². The molecule has 0 bridgehead atoms. The average Bonchev–Trinajstić information content (AvgIpc) is 3.21. The summed E-state index contributed by atoms with van der Waals surface area (Å²) in [5, 5.41) is 9.62. The molecule has 0 saturated carbocycles. The van der Waals surface area contributed by atoms with Gasteiger partial charge in [0.25, 0.3) is 0 Å². The van der Waals surface area contributed by atoms with Crippen LogP contribution in [0.15, 0.2) is 30.3 Å². The van der Waals surface area contributed by atoms with E-state index in [9.17, 15) is 10.1 Å². The second-order valence-corrected chi connectivity index (χ2v) is 6.25. The molecule has 0 aromatic heterocycles. The molecule has 0 radical (unpaired) electrons. The molecule has 0 spiro atoms. The Morgan fingerprint density at radius 3 is 2.86 bits per heavy atom. The standard InChI is InChI=1S/C18H22N2O2/c19-12-16(15-5-2-1-3-6-15)17-7-4-9-20(17)18(21)11-14-8-10-22-13-14/h1-3,5-6,14,16-17H,4,7-11,13H2.